The van der Waals surface area contributed by atoms with Gasteiger partial charge < -0.3 is 15.4 Å². The van der Waals surface area contributed by atoms with Crippen molar-refractivity contribution in [3.8, 4) is 5.75 Å². The summed E-state index contributed by atoms with van der Waals surface area (Å²) in [6, 6.07) is 15.0. The third kappa shape index (κ3) is 5.50. The summed E-state index contributed by atoms with van der Waals surface area (Å²) in [5, 5.41) is 14.1. The zero-order valence-electron chi connectivity index (χ0n) is 15.1. The maximum Gasteiger partial charge on any atom is 0.272 e. The Hall–Kier alpha value is -3.48. The Morgan fingerprint density at radius 1 is 0.963 bits per heavy atom. The summed E-state index contributed by atoms with van der Waals surface area (Å²) in [7, 11) is 1.65. The first-order valence-electron chi connectivity index (χ1n) is 8.62. The maximum absolute atomic E-state index is 12.1. The summed E-state index contributed by atoms with van der Waals surface area (Å²) in [4.78, 5) is 16.1. The highest BCUT2D eigenvalue weighted by Crippen LogP contribution is 2.12. The molecule has 2 heterocycles. The molecule has 0 aliphatic rings. The maximum atomic E-state index is 12.1. The summed E-state index contributed by atoms with van der Waals surface area (Å²) >= 11 is 0. The monoisotopic (exact) mass is 363 g/mol. The van der Waals surface area contributed by atoms with Crippen LogP contribution in [0.15, 0.2) is 60.9 Å². The van der Waals surface area contributed by atoms with Gasteiger partial charge >= 0.3 is 0 Å². The Bertz CT molecular complexity index is 852. The molecule has 0 saturated carbocycles. The lowest BCUT2D eigenvalue weighted by Gasteiger charge is -2.07. The third-order valence-corrected chi connectivity index (χ3v) is 3.98. The van der Waals surface area contributed by atoms with Crippen molar-refractivity contribution in [2.45, 2.75) is 13.0 Å². The van der Waals surface area contributed by atoms with E-state index in [0.717, 1.165) is 17.7 Å². The first kappa shape index (κ1) is 18.3. The quantitative estimate of drug-likeness (QED) is 0.639. The van der Waals surface area contributed by atoms with Crippen molar-refractivity contribution < 1.29 is 9.53 Å². The van der Waals surface area contributed by atoms with Crippen molar-refractivity contribution in [2.24, 2.45) is 0 Å². The van der Waals surface area contributed by atoms with E-state index in [-0.39, 0.29) is 11.6 Å². The van der Waals surface area contributed by atoms with Crippen LogP contribution in [0, 0.1) is 0 Å². The molecule has 138 valence electrons. The molecule has 0 fully saturated rings. The molecule has 0 radical (unpaired) electrons. The first-order chi connectivity index (χ1) is 13.2. The van der Waals surface area contributed by atoms with Crippen molar-refractivity contribution in [1.82, 2.24) is 20.5 Å². The number of nitrogens with one attached hydrogen (secondary N) is 2. The number of methoxy groups -OCH3 is 1. The highest BCUT2D eigenvalue weighted by atomic mass is 16.5. The minimum absolute atomic E-state index is 0.260. The molecule has 0 saturated heterocycles. The van der Waals surface area contributed by atoms with Gasteiger partial charge in [-0.1, -0.05) is 12.1 Å². The largest absolute Gasteiger partial charge is 0.497 e. The van der Waals surface area contributed by atoms with Crippen LogP contribution in [-0.4, -0.2) is 34.7 Å². The Morgan fingerprint density at radius 3 is 2.41 bits per heavy atom. The van der Waals surface area contributed by atoms with E-state index in [1.807, 2.05) is 36.4 Å². The normalized spacial score (nSPS) is 10.3. The van der Waals surface area contributed by atoms with Crippen LogP contribution in [0.4, 0.5) is 5.82 Å². The molecule has 27 heavy (non-hydrogen) atoms. The topological polar surface area (TPSA) is 89.0 Å². The Kier molecular flexibility index (Phi) is 6.30. The smallest absolute Gasteiger partial charge is 0.272 e. The minimum atomic E-state index is -0.260. The number of hydrogen-bond donors (Lipinski definition) is 2. The van der Waals surface area contributed by atoms with Crippen LogP contribution in [0.5, 0.6) is 5.75 Å². The number of hydrogen-bond acceptors (Lipinski definition) is 6. The van der Waals surface area contributed by atoms with E-state index in [0.29, 0.717) is 18.9 Å². The van der Waals surface area contributed by atoms with Gasteiger partial charge in [-0.2, -0.15) is 0 Å². The van der Waals surface area contributed by atoms with E-state index < -0.39 is 0 Å². The van der Waals surface area contributed by atoms with Crippen LogP contribution in [0.2, 0.25) is 0 Å². The average Bonchev–Trinajstić information content (AvgIpc) is 2.74. The zero-order valence-corrected chi connectivity index (χ0v) is 15.1. The lowest BCUT2D eigenvalue weighted by atomic mass is 10.1. The fourth-order valence-electron chi connectivity index (χ4n) is 2.45. The lowest BCUT2D eigenvalue weighted by molar-refractivity contribution is 0.0945. The van der Waals surface area contributed by atoms with Crippen LogP contribution < -0.4 is 15.4 Å². The van der Waals surface area contributed by atoms with Crippen molar-refractivity contribution in [1.29, 1.82) is 0 Å². The summed E-state index contributed by atoms with van der Waals surface area (Å²) in [6.07, 6.45) is 4.22. The molecular formula is C20H21N5O2. The molecule has 0 spiro atoms. The van der Waals surface area contributed by atoms with Crippen LogP contribution in [-0.2, 0) is 13.0 Å². The van der Waals surface area contributed by atoms with Gasteiger partial charge in [0.2, 0.25) is 0 Å². The van der Waals surface area contributed by atoms with E-state index in [1.54, 1.807) is 31.6 Å². The molecule has 0 bridgehead atoms. The molecule has 0 atom stereocenters. The Labute approximate surface area is 157 Å². The van der Waals surface area contributed by atoms with Crippen molar-refractivity contribution in [3.05, 3.63) is 77.7 Å². The van der Waals surface area contributed by atoms with Crippen LogP contribution in [0.25, 0.3) is 0 Å². The Morgan fingerprint density at radius 2 is 1.74 bits per heavy atom. The van der Waals surface area contributed by atoms with E-state index in [1.165, 1.54) is 5.56 Å². The van der Waals surface area contributed by atoms with Crippen molar-refractivity contribution in [2.75, 3.05) is 19.0 Å². The zero-order chi connectivity index (χ0) is 18.9. The number of pyridine rings is 1. The van der Waals surface area contributed by atoms with Crippen LogP contribution >= 0.6 is 0 Å². The first-order valence-corrected chi connectivity index (χ1v) is 8.62. The molecule has 3 aromatic rings. The summed E-state index contributed by atoms with van der Waals surface area (Å²) < 4.78 is 5.15. The van der Waals surface area contributed by atoms with Crippen molar-refractivity contribution in [3.63, 3.8) is 0 Å². The number of rotatable bonds is 8. The van der Waals surface area contributed by atoms with Crippen molar-refractivity contribution >= 4 is 11.7 Å². The van der Waals surface area contributed by atoms with E-state index in [4.69, 9.17) is 4.74 Å². The van der Waals surface area contributed by atoms with Gasteiger partial charge in [-0.3, -0.25) is 9.78 Å². The summed E-state index contributed by atoms with van der Waals surface area (Å²) in [5.41, 5.74) is 2.45. The second-order valence-electron chi connectivity index (χ2n) is 5.87. The van der Waals surface area contributed by atoms with Gasteiger partial charge in [0, 0.05) is 25.5 Å². The lowest BCUT2D eigenvalue weighted by Crippen LogP contribution is -2.24. The van der Waals surface area contributed by atoms with E-state index in [2.05, 4.69) is 25.8 Å². The van der Waals surface area contributed by atoms with E-state index >= 15 is 0 Å². The number of ether oxygens (including phenoxy) is 1. The average molecular weight is 363 g/mol. The number of aromatic nitrogens is 3. The van der Waals surface area contributed by atoms with Gasteiger partial charge in [0.1, 0.15) is 11.6 Å². The number of benzene rings is 1. The molecule has 0 aliphatic heterocycles. The molecular weight excluding hydrogens is 342 g/mol. The number of nitrogens with zero attached hydrogens (tertiary/aromatic N) is 3. The highest BCUT2D eigenvalue weighted by Gasteiger charge is 2.08. The Balaban J connectivity index is 1.45. The fraction of sp³-hybridized carbons (Fsp3) is 0.200. The van der Waals surface area contributed by atoms with Gasteiger partial charge in [-0.05, 0) is 53.9 Å². The third-order valence-electron chi connectivity index (χ3n) is 3.98. The molecule has 7 nitrogen and oxygen atoms in total. The molecule has 1 aromatic carbocycles. The summed E-state index contributed by atoms with van der Waals surface area (Å²) in [5.74, 6) is 1.22. The molecule has 1 amide bonds. The van der Waals surface area contributed by atoms with Crippen LogP contribution in [0.1, 0.15) is 21.6 Å². The standard InChI is InChI=1S/C20H21N5O2/c1-27-17-4-2-15(3-5-17)10-13-22-19-7-6-18(24-25-19)20(26)23-14-16-8-11-21-12-9-16/h2-9,11-12H,10,13-14H2,1H3,(H,22,25)(H,23,26). The molecule has 7 heteroatoms. The van der Waals surface area contributed by atoms with Crippen LogP contribution in [0.3, 0.4) is 0 Å². The fourth-order valence-corrected chi connectivity index (χ4v) is 2.45. The van der Waals surface area contributed by atoms with Gasteiger partial charge in [-0.15, -0.1) is 10.2 Å². The molecule has 3 rings (SSSR count). The SMILES string of the molecule is COc1ccc(CCNc2ccc(C(=O)NCc3ccncc3)nn2)cc1. The van der Waals surface area contributed by atoms with Gasteiger partial charge in [0.25, 0.3) is 5.91 Å². The van der Waals surface area contributed by atoms with Gasteiger partial charge in [0.15, 0.2) is 5.69 Å². The number of carbonyl (C=O) groups excluding carboxylic acids is 1. The summed E-state index contributed by atoms with van der Waals surface area (Å²) in [6.45, 7) is 1.14. The predicted molar refractivity (Wildman–Crippen MR) is 103 cm³/mol. The van der Waals surface area contributed by atoms with Gasteiger partial charge in [-0.25, -0.2) is 0 Å². The highest BCUT2D eigenvalue weighted by molar-refractivity contribution is 5.92. The molecule has 2 aromatic heterocycles. The second-order valence-corrected chi connectivity index (χ2v) is 5.87. The molecule has 0 unspecified atom stereocenters. The number of anilines is 1. The second kappa shape index (κ2) is 9.28. The van der Waals surface area contributed by atoms with E-state index in [9.17, 15) is 4.79 Å². The number of amides is 1. The van der Waals surface area contributed by atoms with Gasteiger partial charge in [0.05, 0.1) is 7.11 Å². The molecule has 0 aliphatic carbocycles. The molecule has 2 N–H and O–H groups in total. The number of carbonyl (C=O) groups is 1. The minimum Gasteiger partial charge on any atom is -0.497 e. The predicted octanol–water partition coefficient (Wildman–Crippen LogP) is 2.46.